The first-order valence-corrected chi connectivity index (χ1v) is 10.8. The van der Waals surface area contributed by atoms with E-state index in [2.05, 4.69) is 6.58 Å². The molecule has 0 heterocycles. The zero-order chi connectivity index (χ0) is 22.7. The van der Waals surface area contributed by atoms with Crippen molar-refractivity contribution in [1.29, 1.82) is 0 Å². The Hall–Kier alpha value is -0.660. The Morgan fingerprint density at radius 3 is 1.10 bits per heavy atom. The molecular formula is C21H42O10. The van der Waals surface area contributed by atoms with Crippen LogP contribution in [0.5, 0.6) is 0 Å². The van der Waals surface area contributed by atoms with Crippen molar-refractivity contribution in [1.82, 2.24) is 0 Å². The second-order valence-electron chi connectivity index (χ2n) is 6.26. The Labute approximate surface area is 186 Å². The summed E-state index contributed by atoms with van der Waals surface area (Å²) in [7, 11) is 0. The maximum Gasteiger partial charge on any atom is 0.0807 e. The molecule has 0 aliphatic rings. The van der Waals surface area contributed by atoms with Gasteiger partial charge in [-0.05, 0) is 6.42 Å². The predicted octanol–water partition coefficient (Wildman–Crippen LogP) is 0.0485. The Morgan fingerprint density at radius 1 is 0.516 bits per heavy atom. The molecular weight excluding hydrogens is 412 g/mol. The fourth-order valence-electron chi connectivity index (χ4n) is 2.08. The Bertz CT molecular complexity index is 346. The van der Waals surface area contributed by atoms with Crippen LogP contribution in [-0.2, 0) is 37.9 Å². The van der Waals surface area contributed by atoms with E-state index in [4.69, 9.17) is 43.0 Å². The molecule has 10 nitrogen and oxygen atoms in total. The van der Waals surface area contributed by atoms with Gasteiger partial charge in [0.2, 0.25) is 0 Å². The molecule has 0 aromatic rings. The molecule has 0 bridgehead atoms. The highest BCUT2D eigenvalue weighted by Crippen LogP contribution is 1.93. The van der Waals surface area contributed by atoms with Gasteiger partial charge in [-0.2, -0.15) is 0 Å². The molecule has 0 rings (SSSR count). The molecule has 0 radical (unpaired) electrons. The average molecular weight is 455 g/mol. The molecule has 0 fully saturated rings. The number of ether oxygens (including phenoxy) is 8. The lowest BCUT2D eigenvalue weighted by Gasteiger charge is -2.10. The Balaban J connectivity index is 3.03. The van der Waals surface area contributed by atoms with Crippen molar-refractivity contribution < 1.29 is 48.1 Å². The number of rotatable bonds is 27. The van der Waals surface area contributed by atoms with Gasteiger partial charge in [-0.15, -0.1) is 6.58 Å². The van der Waals surface area contributed by atoms with E-state index in [-0.39, 0.29) is 6.61 Å². The monoisotopic (exact) mass is 454 g/mol. The number of aliphatic hydroxyl groups excluding tert-OH is 2. The van der Waals surface area contributed by atoms with Gasteiger partial charge in [-0.1, -0.05) is 6.08 Å². The molecule has 186 valence electrons. The second kappa shape index (κ2) is 27.4. The quantitative estimate of drug-likeness (QED) is 0.130. The molecule has 0 amide bonds. The molecule has 0 saturated carbocycles. The lowest BCUT2D eigenvalue weighted by atomic mass is 10.3. The zero-order valence-corrected chi connectivity index (χ0v) is 18.8. The van der Waals surface area contributed by atoms with Crippen LogP contribution in [0.4, 0.5) is 0 Å². The summed E-state index contributed by atoms with van der Waals surface area (Å²) in [6, 6.07) is 0. The van der Waals surface area contributed by atoms with Crippen molar-refractivity contribution in [3.8, 4) is 0 Å². The van der Waals surface area contributed by atoms with Gasteiger partial charge >= 0.3 is 0 Å². The minimum Gasteiger partial charge on any atom is -0.394 e. The Kier molecular flexibility index (Phi) is 26.8. The van der Waals surface area contributed by atoms with Gasteiger partial charge in [0.1, 0.15) is 0 Å². The van der Waals surface area contributed by atoms with Crippen molar-refractivity contribution in [3.05, 3.63) is 12.7 Å². The average Bonchev–Trinajstić information content (AvgIpc) is 2.77. The lowest BCUT2D eigenvalue weighted by Crippen LogP contribution is -2.17. The highest BCUT2D eigenvalue weighted by atomic mass is 16.6. The SMILES string of the molecule is C=CCC(O)COCCOCCOCCOCCOCCOCCOCCOCCO. The molecule has 1 unspecified atom stereocenters. The van der Waals surface area contributed by atoms with E-state index in [1.54, 1.807) is 6.08 Å². The third-order valence-electron chi connectivity index (χ3n) is 3.59. The standard InChI is InChI=1S/C21H42O10/c1-2-3-21(23)20-31-19-18-30-17-16-29-15-14-28-13-12-27-11-10-26-9-8-25-7-6-24-5-4-22/h2,21-23H,1,3-20H2. The molecule has 0 saturated heterocycles. The number of hydrogen-bond acceptors (Lipinski definition) is 10. The minimum absolute atomic E-state index is 0.0272. The lowest BCUT2D eigenvalue weighted by molar-refractivity contribution is -0.0271. The zero-order valence-electron chi connectivity index (χ0n) is 18.8. The van der Waals surface area contributed by atoms with Gasteiger partial charge in [0, 0.05) is 0 Å². The van der Waals surface area contributed by atoms with E-state index in [1.165, 1.54) is 0 Å². The maximum atomic E-state index is 9.43. The normalized spacial score (nSPS) is 12.3. The van der Waals surface area contributed by atoms with Crippen LogP contribution in [0.3, 0.4) is 0 Å². The molecule has 0 aromatic heterocycles. The molecule has 0 aromatic carbocycles. The molecule has 31 heavy (non-hydrogen) atoms. The van der Waals surface area contributed by atoms with E-state index < -0.39 is 6.10 Å². The van der Waals surface area contributed by atoms with E-state index in [0.717, 1.165) is 0 Å². The second-order valence-corrected chi connectivity index (χ2v) is 6.26. The molecule has 1 atom stereocenters. The van der Waals surface area contributed by atoms with Crippen molar-refractivity contribution in [2.75, 3.05) is 112 Å². The predicted molar refractivity (Wildman–Crippen MR) is 114 cm³/mol. The number of aliphatic hydroxyl groups is 2. The summed E-state index contributed by atoms with van der Waals surface area (Å²) in [5, 5.41) is 18.0. The smallest absolute Gasteiger partial charge is 0.0807 e. The molecule has 0 aliphatic carbocycles. The van der Waals surface area contributed by atoms with Crippen LogP contribution in [-0.4, -0.2) is 129 Å². The minimum atomic E-state index is -0.500. The largest absolute Gasteiger partial charge is 0.394 e. The summed E-state index contributed by atoms with van der Waals surface area (Å²) in [6.45, 7) is 11.1. The summed E-state index contributed by atoms with van der Waals surface area (Å²) in [4.78, 5) is 0. The van der Waals surface area contributed by atoms with Gasteiger partial charge < -0.3 is 48.1 Å². The van der Waals surface area contributed by atoms with Crippen molar-refractivity contribution in [3.63, 3.8) is 0 Å². The van der Waals surface area contributed by atoms with E-state index in [9.17, 15) is 5.11 Å². The topological polar surface area (TPSA) is 114 Å². The fourth-order valence-corrected chi connectivity index (χ4v) is 2.08. The highest BCUT2D eigenvalue weighted by molar-refractivity contribution is 4.71. The van der Waals surface area contributed by atoms with Crippen LogP contribution in [0.2, 0.25) is 0 Å². The summed E-state index contributed by atoms with van der Waals surface area (Å²) in [5.41, 5.74) is 0. The summed E-state index contributed by atoms with van der Waals surface area (Å²) >= 11 is 0. The van der Waals surface area contributed by atoms with Gasteiger partial charge in [-0.25, -0.2) is 0 Å². The first kappa shape index (κ1) is 30.3. The van der Waals surface area contributed by atoms with Crippen LogP contribution < -0.4 is 0 Å². The van der Waals surface area contributed by atoms with E-state index in [1.807, 2.05) is 0 Å². The van der Waals surface area contributed by atoms with Gasteiger partial charge in [-0.3, -0.25) is 0 Å². The fraction of sp³-hybridized carbons (Fsp3) is 0.905. The van der Waals surface area contributed by atoms with Gasteiger partial charge in [0.25, 0.3) is 0 Å². The Morgan fingerprint density at radius 2 is 0.806 bits per heavy atom. The first-order valence-electron chi connectivity index (χ1n) is 10.8. The molecule has 0 aliphatic heterocycles. The highest BCUT2D eigenvalue weighted by Gasteiger charge is 2.00. The summed E-state index contributed by atoms with van der Waals surface area (Å²) < 4.78 is 42.6. The van der Waals surface area contributed by atoms with Crippen LogP contribution in [0.1, 0.15) is 6.42 Å². The first-order chi connectivity index (χ1) is 15.3. The molecule has 0 spiro atoms. The molecule has 2 N–H and O–H groups in total. The van der Waals surface area contributed by atoms with Crippen LogP contribution in [0.15, 0.2) is 12.7 Å². The summed E-state index contributed by atoms with van der Waals surface area (Å²) in [6.07, 6.45) is 1.69. The van der Waals surface area contributed by atoms with Crippen LogP contribution in [0, 0.1) is 0 Å². The van der Waals surface area contributed by atoms with Crippen LogP contribution >= 0.6 is 0 Å². The number of hydrogen-bond donors (Lipinski definition) is 2. The maximum absolute atomic E-state index is 9.43. The van der Waals surface area contributed by atoms with Crippen molar-refractivity contribution >= 4 is 0 Å². The van der Waals surface area contributed by atoms with Crippen molar-refractivity contribution in [2.24, 2.45) is 0 Å². The van der Waals surface area contributed by atoms with Crippen LogP contribution in [0.25, 0.3) is 0 Å². The van der Waals surface area contributed by atoms with E-state index >= 15 is 0 Å². The summed E-state index contributed by atoms with van der Waals surface area (Å²) in [5.74, 6) is 0. The van der Waals surface area contributed by atoms with Gasteiger partial charge in [0.05, 0.1) is 118 Å². The van der Waals surface area contributed by atoms with E-state index in [0.29, 0.717) is 112 Å². The van der Waals surface area contributed by atoms with Crippen molar-refractivity contribution in [2.45, 2.75) is 12.5 Å². The third-order valence-corrected chi connectivity index (χ3v) is 3.59. The molecule has 10 heteroatoms. The van der Waals surface area contributed by atoms with Gasteiger partial charge in [0.15, 0.2) is 0 Å². The third kappa shape index (κ3) is 27.3.